The number of carbonyl (C=O) groups is 3. The first-order chi connectivity index (χ1) is 9.28. The van der Waals surface area contributed by atoms with Crippen LogP contribution in [0.15, 0.2) is 23.3 Å². The average Bonchev–Trinajstić information content (AvgIpc) is 2.55. The molecule has 0 atom stereocenters. The normalized spacial score (nSPS) is 19.9. The van der Waals surface area contributed by atoms with Crippen molar-refractivity contribution in [2.45, 2.75) is 39.2 Å². The second kappa shape index (κ2) is 5.23. The van der Waals surface area contributed by atoms with Crippen molar-refractivity contribution in [3.8, 4) is 0 Å². The number of nitrogens with zero attached hydrogens (tertiary/aromatic N) is 1. The summed E-state index contributed by atoms with van der Waals surface area (Å²) >= 11 is 0. The Kier molecular flexibility index (Phi) is 3.79. The highest BCUT2D eigenvalue weighted by Gasteiger charge is 2.29. The molecule has 5 heteroatoms. The Labute approximate surface area is 118 Å². The van der Waals surface area contributed by atoms with E-state index in [1.165, 1.54) is 12.2 Å². The number of ketones is 2. The van der Waals surface area contributed by atoms with Gasteiger partial charge in [0.05, 0.1) is 0 Å². The monoisotopic (exact) mass is 277 g/mol. The number of amides is 1. The minimum absolute atomic E-state index is 0.120. The van der Waals surface area contributed by atoms with Gasteiger partial charge in [-0.05, 0) is 45.8 Å². The van der Waals surface area contributed by atoms with Crippen LogP contribution in [0.25, 0.3) is 0 Å². The van der Waals surface area contributed by atoms with E-state index in [2.05, 4.69) is 0 Å². The molecule has 1 amide bonds. The number of hydrogen-bond donors (Lipinski definition) is 0. The summed E-state index contributed by atoms with van der Waals surface area (Å²) in [6, 6.07) is 0. The number of hydrogen-bond acceptors (Lipinski definition) is 4. The van der Waals surface area contributed by atoms with E-state index in [-0.39, 0.29) is 11.6 Å². The van der Waals surface area contributed by atoms with Crippen LogP contribution in [0.4, 0.5) is 4.79 Å². The predicted molar refractivity (Wildman–Crippen MR) is 73.2 cm³/mol. The molecular weight excluding hydrogens is 258 g/mol. The van der Waals surface area contributed by atoms with E-state index in [1.807, 2.05) is 20.8 Å². The van der Waals surface area contributed by atoms with Gasteiger partial charge in [0, 0.05) is 24.2 Å². The van der Waals surface area contributed by atoms with Gasteiger partial charge in [0.2, 0.25) is 0 Å². The molecule has 0 saturated carbocycles. The summed E-state index contributed by atoms with van der Waals surface area (Å²) < 4.78 is 5.32. The van der Waals surface area contributed by atoms with Crippen molar-refractivity contribution >= 4 is 17.7 Å². The van der Waals surface area contributed by atoms with E-state index < -0.39 is 11.7 Å². The molecule has 0 saturated heterocycles. The molecule has 0 fully saturated rings. The van der Waals surface area contributed by atoms with Crippen LogP contribution in [-0.2, 0) is 14.3 Å². The summed E-state index contributed by atoms with van der Waals surface area (Å²) in [6.45, 7) is 6.23. The van der Waals surface area contributed by atoms with Crippen molar-refractivity contribution in [1.29, 1.82) is 0 Å². The lowest BCUT2D eigenvalue weighted by atomic mass is 9.92. The number of allylic oxidation sites excluding steroid dienone is 2. The fourth-order valence-corrected chi connectivity index (χ4v) is 2.31. The van der Waals surface area contributed by atoms with Crippen LogP contribution in [0.3, 0.4) is 0 Å². The highest BCUT2D eigenvalue weighted by Crippen LogP contribution is 2.25. The fourth-order valence-electron chi connectivity index (χ4n) is 2.31. The molecule has 2 rings (SSSR count). The lowest BCUT2D eigenvalue weighted by Crippen LogP contribution is -2.37. The Morgan fingerprint density at radius 1 is 1.05 bits per heavy atom. The van der Waals surface area contributed by atoms with Gasteiger partial charge in [-0.25, -0.2) is 4.79 Å². The zero-order valence-corrected chi connectivity index (χ0v) is 12.1. The van der Waals surface area contributed by atoms with E-state index in [4.69, 9.17) is 4.74 Å². The highest BCUT2D eigenvalue weighted by atomic mass is 16.6. The van der Waals surface area contributed by atoms with E-state index >= 15 is 0 Å². The number of carbonyl (C=O) groups excluding carboxylic acids is 3. The molecule has 0 unspecified atom stereocenters. The van der Waals surface area contributed by atoms with Gasteiger partial charge in [-0.15, -0.1) is 0 Å². The fraction of sp³-hybridized carbons (Fsp3) is 0.533. The van der Waals surface area contributed by atoms with E-state index in [0.29, 0.717) is 37.1 Å². The van der Waals surface area contributed by atoms with Gasteiger partial charge in [-0.1, -0.05) is 0 Å². The van der Waals surface area contributed by atoms with E-state index in [9.17, 15) is 14.4 Å². The first-order valence-corrected chi connectivity index (χ1v) is 6.74. The molecular formula is C15H19NO4. The zero-order valence-electron chi connectivity index (χ0n) is 12.1. The Morgan fingerprint density at radius 2 is 1.50 bits per heavy atom. The molecule has 0 N–H and O–H groups in total. The Hall–Kier alpha value is -1.91. The molecule has 0 spiro atoms. The van der Waals surface area contributed by atoms with Crippen molar-refractivity contribution < 1.29 is 19.1 Å². The standard InChI is InChI=1S/C15H19NO4/c1-15(2,3)20-14(19)16-8-6-10-11(7-9-16)13(18)5-4-12(10)17/h4-5H,6-9H2,1-3H3. The largest absolute Gasteiger partial charge is 0.444 e. The molecule has 20 heavy (non-hydrogen) atoms. The van der Waals surface area contributed by atoms with E-state index in [0.717, 1.165) is 0 Å². The predicted octanol–water partition coefficient (Wildman–Crippen LogP) is 2.02. The smallest absolute Gasteiger partial charge is 0.410 e. The van der Waals surface area contributed by atoms with Gasteiger partial charge >= 0.3 is 6.09 Å². The summed E-state index contributed by atoms with van der Waals surface area (Å²) in [5.74, 6) is -0.240. The minimum Gasteiger partial charge on any atom is -0.444 e. The van der Waals surface area contributed by atoms with Crippen LogP contribution in [0.2, 0.25) is 0 Å². The summed E-state index contributed by atoms with van der Waals surface area (Å²) in [4.78, 5) is 37.2. The maximum atomic E-state index is 12.0. The molecule has 0 aromatic carbocycles. The van der Waals surface area contributed by atoms with Crippen LogP contribution in [0.5, 0.6) is 0 Å². The van der Waals surface area contributed by atoms with Gasteiger partial charge < -0.3 is 9.64 Å². The lowest BCUT2D eigenvalue weighted by molar-refractivity contribution is -0.115. The first-order valence-electron chi connectivity index (χ1n) is 6.74. The maximum Gasteiger partial charge on any atom is 0.410 e. The summed E-state index contributed by atoms with van der Waals surface area (Å²) in [6.07, 6.45) is 3.03. The molecule has 0 aromatic rings. The van der Waals surface area contributed by atoms with Crippen molar-refractivity contribution in [2.75, 3.05) is 13.1 Å². The third kappa shape index (κ3) is 3.15. The van der Waals surface area contributed by atoms with Gasteiger partial charge in [0.1, 0.15) is 5.60 Å². The maximum absolute atomic E-state index is 12.0. The zero-order chi connectivity index (χ0) is 14.9. The van der Waals surface area contributed by atoms with Crippen LogP contribution in [0, 0.1) is 0 Å². The first kappa shape index (κ1) is 14.5. The second-order valence-electron chi connectivity index (χ2n) is 5.99. The van der Waals surface area contributed by atoms with Crippen LogP contribution in [0.1, 0.15) is 33.6 Å². The quantitative estimate of drug-likeness (QED) is 0.635. The summed E-state index contributed by atoms with van der Waals surface area (Å²) in [5, 5.41) is 0. The van der Waals surface area contributed by atoms with Crippen molar-refractivity contribution in [1.82, 2.24) is 4.90 Å². The van der Waals surface area contributed by atoms with E-state index in [1.54, 1.807) is 4.90 Å². The van der Waals surface area contributed by atoms with Gasteiger partial charge in [-0.2, -0.15) is 0 Å². The van der Waals surface area contributed by atoms with Gasteiger partial charge in [-0.3, -0.25) is 9.59 Å². The topological polar surface area (TPSA) is 63.7 Å². The molecule has 5 nitrogen and oxygen atoms in total. The molecule has 1 heterocycles. The highest BCUT2D eigenvalue weighted by molar-refractivity contribution is 6.20. The molecule has 108 valence electrons. The van der Waals surface area contributed by atoms with Crippen molar-refractivity contribution in [2.24, 2.45) is 0 Å². The lowest BCUT2D eigenvalue weighted by Gasteiger charge is -2.26. The average molecular weight is 277 g/mol. The van der Waals surface area contributed by atoms with Crippen LogP contribution < -0.4 is 0 Å². The third-order valence-corrected chi connectivity index (χ3v) is 3.26. The second-order valence-corrected chi connectivity index (χ2v) is 5.99. The van der Waals surface area contributed by atoms with Crippen LogP contribution >= 0.6 is 0 Å². The van der Waals surface area contributed by atoms with Crippen molar-refractivity contribution in [3.05, 3.63) is 23.3 Å². The molecule has 0 radical (unpaired) electrons. The van der Waals surface area contributed by atoms with Crippen LogP contribution in [-0.4, -0.2) is 41.3 Å². The molecule has 2 aliphatic rings. The number of rotatable bonds is 0. The molecule has 0 bridgehead atoms. The molecule has 1 aliphatic carbocycles. The Balaban J connectivity index is 2.08. The Bertz CT molecular complexity index is 490. The number of ether oxygens (including phenoxy) is 1. The Morgan fingerprint density at radius 3 is 1.90 bits per heavy atom. The van der Waals surface area contributed by atoms with Gasteiger partial charge in [0.15, 0.2) is 11.6 Å². The third-order valence-electron chi connectivity index (χ3n) is 3.26. The molecule has 0 aromatic heterocycles. The SMILES string of the molecule is CC(C)(C)OC(=O)N1CCC2=C(CC1)C(=O)C=CC2=O. The minimum atomic E-state index is -0.552. The van der Waals surface area contributed by atoms with Gasteiger partial charge in [0.25, 0.3) is 0 Å². The van der Waals surface area contributed by atoms with Crippen molar-refractivity contribution in [3.63, 3.8) is 0 Å². The summed E-state index contributed by atoms with van der Waals surface area (Å²) in [5.41, 5.74) is 0.538. The summed E-state index contributed by atoms with van der Waals surface area (Å²) in [7, 11) is 0. The molecule has 1 aliphatic heterocycles.